The maximum Gasteiger partial charge on any atom is 0.378 e. The molecule has 0 heterocycles. The molecule has 14 heavy (non-hydrogen) atoms. The molecule has 82 valence electrons. The lowest BCUT2D eigenvalue weighted by Crippen LogP contribution is -2.41. The van der Waals surface area contributed by atoms with Gasteiger partial charge in [0.05, 0.1) is 13.2 Å². The van der Waals surface area contributed by atoms with Crippen LogP contribution in [0.15, 0.2) is 12.2 Å². The van der Waals surface area contributed by atoms with E-state index in [9.17, 15) is 13.6 Å². The quantitative estimate of drug-likeness (QED) is 0.406. The molecule has 0 aliphatic heterocycles. The van der Waals surface area contributed by atoms with E-state index in [-0.39, 0.29) is 6.61 Å². The number of halogens is 2. The Morgan fingerprint density at radius 1 is 1.57 bits per heavy atom. The highest BCUT2D eigenvalue weighted by molar-refractivity contribution is 5.77. The number of carbonyl (C=O) groups excluding carboxylic acids is 1. The van der Waals surface area contributed by atoms with E-state index in [2.05, 4.69) is 10.1 Å². The van der Waals surface area contributed by atoms with Crippen LogP contribution < -0.4 is 5.32 Å². The molecular formula is C9H15F2NO2. The summed E-state index contributed by atoms with van der Waals surface area (Å²) in [5.41, 5.74) is 0. The molecule has 0 aromatic heterocycles. The maximum atomic E-state index is 12.9. The number of rotatable bonds is 6. The lowest BCUT2D eigenvalue weighted by atomic mass is 10.3. The molecule has 0 radical (unpaired) electrons. The van der Waals surface area contributed by atoms with Crippen LogP contribution in [0.25, 0.3) is 0 Å². The Balaban J connectivity index is 3.87. The van der Waals surface area contributed by atoms with Crippen molar-refractivity contribution in [3.8, 4) is 0 Å². The molecule has 0 aromatic carbocycles. The normalized spacial score (nSPS) is 12.0. The Morgan fingerprint density at radius 2 is 2.21 bits per heavy atom. The van der Waals surface area contributed by atoms with Crippen LogP contribution in [0, 0.1) is 0 Å². The average molecular weight is 207 g/mol. The minimum atomic E-state index is -3.45. The van der Waals surface area contributed by atoms with Gasteiger partial charge >= 0.3 is 11.9 Å². The van der Waals surface area contributed by atoms with Crippen LogP contribution in [0.3, 0.4) is 0 Å². The van der Waals surface area contributed by atoms with Gasteiger partial charge in [-0.1, -0.05) is 12.2 Å². The molecule has 0 unspecified atom stereocenters. The topological polar surface area (TPSA) is 38.3 Å². The number of esters is 1. The summed E-state index contributed by atoms with van der Waals surface area (Å²) in [6.45, 7) is 2.84. The molecule has 0 saturated heterocycles. The first-order chi connectivity index (χ1) is 6.54. The number of allylic oxidation sites excluding steroid dienone is 1. The van der Waals surface area contributed by atoms with Gasteiger partial charge in [0.2, 0.25) is 0 Å². The lowest BCUT2D eigenvalue weighted by molar-refractivity contribution is -0.170. The van der Waals surface area contributed by atoms with E-state index in [0.29, 0.717) is 6.54 Å². The fourth-order valence-corrected chi connectivity index (χ4v) is 0.739. The van der Waals surface area contributed by atoms with Crippen LogP contribution in [0.5, 0.6) is 0 Å². The van der Waals surface area contributed by atoms with Crippen molar-refractivity contribution in [2.45, 2.75) is 19.8 Å². The molecular weight excluding hydrogens is 192 g/mol. The SMILES string of the molecule is C/C=C/CNCC(F)(F)C(=O)OCC. The van der Waals surface area contributed by atoms with Gasteiger partial charge in [-0.05, 0) is 13.8 Å². The third kappa shape index (κ3) is 4.91. The fourth-order valence-electron chi connectivity index (χ4n) is 0.739. The first-order valence-electron chi connectivity index (χ1n) is 4.41. The molecule has 0 atom stereocenters. The Morgan fingerprint density at radius 3 is 2.71 bits per heavy atom. The van der Waals surface area contributed by atoms with Crippen molar-refractivity contribution < 1.29 is 18.3 Å². The van der Waals surface area contributed by atoms with Crippen molar-refractivity contribution >= 4 is 5.97 Å². The van der Waals surface area contributed by atoms with Gasteiger partial charge in [-0.25, -0.2) is 4.79 Å². The van der Waals surface area contributed by atoms with E-state index in [1.807, 2.05) is 0 Å². The van der Waals surface area contributed by atoms with E-state index in [0.717, 1.165) is 0 Å². The summed E-state index contributed by atoms with van der Waals surface area (Å²) in [7, 11) is 0. The molecule has 0 aliphatic rings. The van der Waals surface area contributed by atoms with E-state index in [4.69, 9.17) is 0 Å². The van der Waals surface area contributed by atoms with E-state index >= 15 is 0 Å². The third-order valence-electron chi connectivity index (χ3n) is 1.42. The first kappa shape index (κ1) is 13.0. The second-order valence-corrected chi connectivity index (χ2v) is 2.62. The van der Waals surface area contributed by atoms with Crippen molar-refractivity contribution in [2.24, 2.45) is 0 Å². The summed E-state index contributed by atoms with van der Waals surface area (Å²) in [4.78, 5) is 10.7. The molecule has 0 aliphatic carbocycles. The highest BCUT2D eigenvalue weighted by atomic mass is 19.3. The van der Waals surface area contributed by atoms with E-state index < -0.39 is 18.4 Å². The predicted octanol–water partition coefficient (Wildman–Crippen LogP) is 1.35. The number of ether oxygens (including phenoxy) is 1. The smallest absolute Gasteiger partial charge is 0.378 e. The number of hydrogen-bond donors (Lipinski definition) is 1. The minimum Gasteiger partial charge on any atom is -0.462 e. The number of carbonyl (C=O) groups is 1. The van der Waals surface area contributed by atoms with Gasteiger partial charge < -0.3 is 10.1 Å². The summed E-state index contributed by atoms with van der Waals surface area (Å²) >= 11 is 0. The zero-order chi connectivity index (χ0) is 11.0. The van der Waals surface area contributed by atoms with E-state index in [1.165, 1.54) is 6.92 Å². The minimum absolute atomic E-state index is 0.0384. The second kappa shape index (κ2) is 6.48. The van der Waals surface area contributed by atoms with Crippen molar-refractivity contribution in [1.82, 2.24) is 5.32 Å². The first-order valence-corrected chi connectivity index (χ1v) is 4.41. The standard InChI is InChI=1S/C9H15F2NO2/c1-3-5-6-12-7-9(10,11)8(13)14-4-2/h3,5,12H,4,6-7H2,1-2H3/b5-3+. The fraction of sp³-hybridized carbons (Fsp3) is 0.667. The van der Waals surface area contributed by atoms with Crippen LogP contribution >= 0.6 is 0 Å². The largest absolute Gasteiger partial charge is 0.462 e. The van der Waals surface area contributed by atoms with Gasteiger partial charge in [0.25, 0.3) is 0 Å². The monoisotopic (exact) mass is 207 g/mol. The predicted molar refractivity (Wildman–Crippen MR) is 49.3 cm³/mol. The van der Waals surface area contributed by atoms with Gasteiger partial charge in [-0.2, -0.15) is 8.78 Å². The summed E-state index contributed by atoms with van der Waals surface area (Å²) in [5.74, 6) is -4.93. The Labute approximate surface area is 82.1 Å². The molecule has 3 nitrogen and oxygen atoms in total. The molecule has 5 heteroatoms. The zero-order valence-electron chi connectivity index (χ0n) is 8.35. The Hall–Kier alpha value is -0.970. The highest BCUT2D eigenvalue weighted by Gasteiger charge is 2.39. The third-order valence-corrected chi connectivity index (χ3v) is 1.42. The molecule has 0 aromatic rings. The number of hydrogen-bond acceptors (Lipinski definition) is 3. The summed E-state index contributed by atoms with van der Waals surface area (Å²) in [5, 5.41) is 2.43. The van der Waals surface area contributed by atoms with Crippen molar-refractivity contribution in [3.63, 3.8) is 0 Å². The van der Waals surface area contributed by atoms with Crippen molar-refractivity contribution in [2.75, 3.05) is 19.7 Å². The molecule has 1 N–H and O–H groups in total. The van der Waals surface area contributed by atoms with Crippen LogP contribution in [-0.4, -0.2) is 31.6 Å². The van der Waals surface area contributed by atoms with Crippen LogP contribution in [0.1, 0.15) is 13.8 Å². The van der Waals surface area contributed by atoms with Crippen molar-refractivity contribution in [1.29, 1.82) is 0 Å². The Kier molecular flexibility index (Phi) is 6.03. The molecule has 0 fully saturated rings. The maximum absolute atomic E-state index is 12.9. The van der Waals surface area contributed by atoms with Gasteiger partial charge in [0, 0.05) is 6.54 Å². The van der Waals surface area contributed by atoms with Gasteiger partial charge in [0.15, 0.2) is 0 Å². The van der Waals surface area contributed by atoms with Gasteiger partial charge in [-0.3, -0.25) is 0 Å². The molecule has 0 amide bonds. The number of nitrogens with one attached hydrogen (secondary N) is 1. The molecule has 0 spiro atoms. The second-order valence-electron chi connectivity index (χ2n) is 2.62. The summed E-state index contributed by atoms with van der Waals surface area (Å²) in [6.07, 6.45) is 3.41. The molecule has 0 rings (SSSR count). The average Bonchev–Trinajstić information content (AvgIpc) is 2.13. The van der Waals surface area contributed by atoms with Crippen LogP contribution in [0.4, 0.5) is 8.78 Å². The van der Waals surface area contributed by atoms with E-state index in [1.54, 1.807) is 19.1 Å². The lowest BCUT2D eigenvalue weighted by Gasteiger charge is -2.14. The highest BCUT2D eigenvalue weighted by Crippen LogP contribution is 2.13. The number of alkyl halides is 2. The summed E-state index contributed by atoms with van der Waals surface area (Å²) in [6, 6.07) is 0. The van der Waals surface area contributed by atoms with Crippen LogP contribution in [0.2, 0.25) is 0 Å². The Bertz CT molecular complexity index is 205. The molecule has 0 saturated carbocycles. The van der Waals surface area contributed by atoms with Gasteiger partial charge in [-0.15, -0.1) is 0 Å². The summed E-state index contributed by atoms with van der Waals surface area (Å²) < 4.78 is 30.0. The zero-order valence-corrected chi connectivity index (χ0v) is 8.35. The van der Waals surface area contributed by atoms with Crippen molar-refractivity contribution in [3.05, 3.63) is 12.2 Å². The molecule has 0 bridgehead atoms. The van der Waals surface area contributed by atoms with Crippen LogP contribution in [-0.2, 0) is 9.53 Å². The van der Waals surface area contributed by atoms with Gasteiger partial charge in [0.1, 0.15) is 0 Å².